The van der Waals surface area contributed by atoms with Crippen LogP contribution in [0, 0.1) is 17.0 Å². The number of nitro groups is 1. The van der Waals surface area contributed by atoms with Gasteiger partial charge in [-0.3, -0.25) is 20.0 Å². The normalized spacial score (nSPS) is 11.8. The maximum absolute atomic E-state index is 12.8. The standard InChI is InChI=1S/C24H18N4O6/c1-14-2-5-18(6-3-14)34-19-10-16(9-17(11-19)28(30)31)25-24(29)21-12-20(26-27-21)15-4-7-22-23(8-15)33-13-32-22/h2-12H,13H2,1H3,(H,25,29)(H,26,27). The topological polar surface area (TPSA) is 129 Å². The van der Waals surface area contributed by atoms with Gasteiger partial charge >= 0.3 is 0 Å². The van der Waals surface area contributed by atoms with E-state index in [2.05, 4.69) is 15.5 Å². The number of anilines is 1. The third-order valence-electron chi connectivity index (χ3n) is 5.11. The van der Waals surface area contributed by atoms with Crippen molar-refractivity contribution in [3.8, 4) is 34.3 Å². The van der Waals surface area contributed by atoms with E-state index < -0.39 is 10.8 Å². The number of nitrogens with one attached hydrogen (secondary N) is 2. The van der Waals surface area contributed by atoms with Crippen molar-refractivity contribution in [1.29, 1.82) is 0 Å². The first kappa shape index (κ1) is 21.0. The van der Waals surface area contributed by atoms with Crippen LogP contribution < -0.4 is 19.5 Å². The molecular formula is C24H18N4O6. The summed E-state index contributed by atoms with van der Waals surface area (Å²) < 4.78 is 16.4. The molecule has 0 saturated carbocycles. The maximum Gasteiger partial charge on any atom is 0.275 e. The van der Waals surface area contributed by atoms with Crippen LogP contribution in [0.2, 0.25) is 0 Å². The van der Waals surface area contributed by atoms with E-state index in [9.17, 15) is 14.9 Å². The number of rotatable bonds is 6. The number of ether oxygens (including phenoxy) is 3. The number of fused-ring (bicyclic) bond motifs is 1. The number of H-pyrrole nitrogens is 1. The number of benzene rings is 3. The molecule has 0 unspecified atom stereocenters. The average Bonchev–Trinajstić information content (AvgIpc) is 3.50. The predicted molar refractivity (Wildman–Crippen MR) is 122 cm³/mol. The van der Waals surface area contributed by atoms with Gasteiger partial charge in [0, 0.05) is 17.7 Å². The van der Waals surface area contributed by atoms with Gasteiger partial charge in [-0.25, -0.2) is 0 Å². The molecule has 1 aromatic heterocycles. The lowest BCUT2D eigenvalue weighted by Crippen LogP contribution is -2.12. The van der Waals surface area contributed by atoms with Crippen LogP contribution in [0.15, 0.2) is 66.7 Å². The molecule has 0 fully saturated rings. The molecule has 1 aliphatic heterocycles. The summed E-state index contributed by atoms with van der Waals surface area (Å²) in [7, 11) is 0. The molecule has 0 saturated heterocycles. The van der Waals surface area contributed by atoms with E-state index in [1.54, 1.807) is 36.4 Å². The summed E-state index contributed by atoms with van der Waals surface area (Å²) in [6.45, 7) is 2.10. The Kier molecular flexibility index (Phi) is 5.30. The van der Waals surface area contributed by atoms with Crippen molar-refractivity contribution in [3.63, 3.8) is 0 Å². The van der Waals surface area contributed by atoms with Gasteiger partial charge < -0.3 is 19.5 Å². The van der Waals surface area contributed by atoms with Crippen LogP contribution in [0.25, 0.3) is 11.3 Å². The van der Waals surface area contributed by atoms with Crippen molar-refractivity contribution < 1.29 is 23.9 Å². The van der Waals surface area contributed by atoms with Crippen molar-refractivity contribution in [1.82, 2.24) is 10.2 Å². The molecule has 0 bridgehead atoms. The third-order valence-corrected chi connectivity index (χ3v) is 5.11. The molecule has 2 heterocycles. The second-order valence-electron chi connectivity index (χ2n) is 7.58. The molecule has 34 heavy (non-hydrogen) atoms. The number of carbonyl (C=O) groups is 1. The van der Waals surface area contributed by atoms with Crippen LogP contribution in [0.3, 0.4) is 0 Å². The first-order valence-corrected chi connectivity index (χ1v) is 10.3. The molecule has 0 radical (unpaired) electrons. The first-order valence-electron chi connectivity index (χ1n) is 10.3. The van der Waals surface area contributed by atoms with Crippen molar-refractivity contribution in [3.05, 3.63) is 88.1 Å². The molecule has 10 heteroatoms. The molecule has 3 aromatic carbocycles. The van der Waals surface area contributed by atoms with E-state index in [1.165, 1.54) is 18.2 Å². The maximum atomic E-state index is 12.8. The van der Waals surface area contributed by atoms with Gasteiger partial charge in [-0.1, -0.05) is 17.7 Å². The lowest BCUT2D eigenvalue weighted by molar-refractivity contribution is -0.384. The van der Waals surface area contributed by atoms with E-state index in [1.807, 2.05) is 19.1 Å². The largest absolute Gasteiger partial charge is 0.457 e. The molecule has 1 aliphatic rings. The van der Waals surface area contributed by atoms with Crippen molar-refractivity contribution >= 4 is 17.3 Å². The van der Waals surface area contributed by atoms with E-state index >= 15 is 0 Å². The number of non-ortho nitro benzene ring substituents is 1. The fourth-order valence-electron chi connectivity index (χ4n) is 3.40. The highest BCUT2D eigenvalue weighted by Crippen LogP contribution is 2.35. The highest BCUT2D eigenvalue weighted by molar-refractivity contribution is 6.03. The summed E-state index contributed by atoms with van der Waals surface area (Å²) in [6.07, 6.45) is 0. The molecule has 10 nitrogen and oxygen atoms in total. The van der Waals surface area contributed by atoms with Gasteiger partial charge in [-0.2, -0.15) is 5.10 Å². The molecule has 5 rings (SSSR count). The van der Waals surface area contributed by atoms with E-state index in [0.29, 0.717) is 22.9 Å². The number of hydrogen-bond donors (Lipinski definition) is 2. The fraction of sp³-hybridized carbons (Fsp3) is 0.0833. The van der Waals surface area contributed by atoms with E-state index in [4.69, 9.17) is 14.2 Å². The minimum atomic E-state index is -0.550. The Morgan fingerprint density at radius 2 is 1.82 bits per heavy atom. The van der Waals surface area contributed by atoms with Crippen LogP contribution in [0.5, 0.6) is 23.0 Å². The number of amides is 1. The fourth-order valence-corrected chi connectivity index (χ4v) is 3.40. The van der Waals surface area contributed by atoms with Gasteiger partial charge in [0.1, 0.15) is 17.2 Å². The number of nitrogens with zero attached hydrogens (tertiary/aromatic N) is 2. The molecular weight excluding hydrogens is 440 g/mol. The van der Waals surface area contributed by atoms with Gasteiger partial charge in [0.25, 0.3) is 11.6 Å². The lowest BCUT2D eigenvalue weighted by atomic mass is 10.1. The van der Waals surface area contributed by atoms with Crippen LogP contribution in [-0.2, 0) is 0 Å². The molecule has 1 amide bonds. The monoisotopic (exact) mass is 458 g/mol. The number of carbonyl (C=O) groups excluding carboxylic acids is 1. The zero-order valence-corrected chi connectivity index (χ0v) is 17.9. The highest BCUT2D eigenvalue weighted by Gasteiger charge is 2.18. The van der Waals surface area contributed by atoms with Crippen molar-refractivity contribution in [2.24, 2.45) is 0 Å². The Hall–Kier alpha value is -4.86. The summed E-state index contributed by atoms with van der Waals surface area (Å²) in [6, 6.07) is 18.2. The number of nitro benzene ring substituents is 1. The van der Waals surface area contributed by atoms with Gasteiger partial charge in [-0.15, -0.1) is 0 Å². The zero-order valence-electron chi connectivity index (χ0n) is 17.9. The first-order chi connectivity index (χ1) is 16.4. The average molecular weight is 458 g/mol. The molecule has 2 N–H and O–H groups in total. The summed E-state index contributed by atoms with van der Waals surface area (Å²) in [5.74, 6) is 1.47. The second-order valence-corrected chi connectivity index (χ2v) is 7.58. The summed E-state index contributed by atoms with van der Waals surface area (Å²) in [5.41, 5.74) is 2.50. The summed E-state index contributed by atoms with van der Waals surface area (Å²) in [5, 5.41) is 20.9. The second kappa shape index (κ2) is 8.58. The quantitative estimate of drug-likeness (QED) is 0.305. The third kappa shape index (κ3) is 4.37. The highest BCUT2D eigenvalue weighted by atomic mass is 16.7. The number of hydrogen-bond acceptors (Lipinski definition) is 7. The van der Waals surface area contributed by atoms with Crippen LogP contribution in [-0.4, -0.2) is 27.8 Å². The van der Waals surface area contributed by atoms with Gasteiger partial charge in [0.2, 0.25) is 6.79 Å². The lowest BCUT2D eigenvalue weighted by Gasteiger charge is -2.09. The SMILES string of the molecule is Cc1ccc(Oc2cc(NC(=O)c3cc(-c4ccc5c(c4)OCO5)n[nH]3)cc([N+](=O)[O-])c2)cc1. The minimum Gasteiger partial charge on any atom is -0.457 e. The molecule has 4 aromatic rings. The predicted octanol–water partition coefficient (Wildman–Crippen LogP) is 5.07. The van der Waals surface area contributed by atoms with Gasteiger partial charge in [0.15, 0.2) is 11.5 Å². The van der Waals surface area contributed by atoms with E-state index in [0.717, 1.165) is 11.1 Å². The minimum absolute atomic E-state index is 0.159. The Morgan fingerprint density at radius 3 is 2.62 bits per heavy atom. The Labute approximate surface area is 193 Å². The van der Waals surface area contributed by atoms with Crippen molar-refractivity contribution in [2.45, 2.75) is 6.92 Å². The molecule has 0 aliphatic carbocycles. The number of aryl methyl sites for hydroxylation is 1. The Morgan fingerprint density at radius 1 is 1.03 bits per heavy atom. The van der Waals surface area contributed by atoms with Crippen molar-refractivity contribution in [2.75, 3.05) is 12.1 Å². The van der Waals surface area contributed by atoms with Crippen LogP contribution in [0.1, 0.15) is 16.1 Å². The Balaban J connectivity index is 1.36. The summed E-state index contributed by atoms with van der Waals surface area (Å²) in [4.78, 5) is 23.6. The molecule has 0 spiro atoms. The van der Waals surface area contributed by atoms with Crippen LogP contribution in [0.4, 0.5) is 11.4 Å². The number of aromatic amines is 1. The van der Waals surface area contributed by atoms with Gasteiger partial charge in [0.05, 0.1) is 22.4 Å². The van der Waals surface area contributed by atoms with Crippen LogP contribution >= 0.6 is 0 Å². The molecule has 0 atom stereocenters. The smallest absolute Gasteiger partial charge is 0.275 e. The molecule has 170 valence electrons. The van der Waals surface area contributed by atoms with Gasteiger partial charge in [-0.05, 0) is 43.3 Å². The zero-order chi connectivity index (χ0) is 23.7. The van der Waals surface area contributed by atoms with E-state index in [-0.39, 0.29) is 29.6 Å². The number of aromatic nitrogens is 2. The summed E-state index contributed by atoms with van der Waals surface area (Å²) >= 11 is 0. The Bertz CT molecular complexity index is 1400.